The fourth-order valence-corrected chi connectivity index (χ4v) is 4.08. The van der Waals surface area contributed by atoms with Crippen LogP contribution in [0, 0.1) is 5.41 Å². The summed E-state index contributed by atoms with van der Waals surface area (Å²) < 4.78 is 33.3. The van der Waals surface area contributed by atoms with Gasteiger partial charge in [-0.2, -0.15) is 0 Å². The standard InChI is InChI=1S/C17H33N3O4S/c1-4-18-16(19-9-10-23-11-12-25(3,21)22)20-14-13-15(24-5-2)17(14)7-6-8-17/h14-15H,4-13H2,1-3H3,(H2,18,19,20). The van der Waals surface area contributed by atoms with E-state index in [9.17, 15) is 8.42 Å². The van der Waals surface area contributed by atoms with E-state index in [4.69, 9.17) is 9.47 Å². The molecule has 0 aliphatic heterocycles. The average Bonchev–Trinajstić information content (AvgIpc) is 2.46. The number of hydrogen-bond donors (Lipinski definition) is 2. The van der Waals surface area contributed by atoms with Crippen LogP contribution in [0.25, 0.3) is 0 Å². The molecule has 0 aromatic heterocycles. The minimum atomic E-state index is -2.96. The summed E-state index contributed by atoms with van der Waals surface area (Å²) in [6.07, 6.45) is 6.36. The maximum Gasteiger partial charge on any atom is 0.191 e. The van der Waals surface area contributed by atoms with Crippen LogP contribution in [0.4, 0.5) is 0 Å². The van der Waals surface area contributed by atoms with Gasteiger partial charge in [-0.15, -0.1) is 0 Å². The van der Waals surface area contributed by atoms with E-state index in [0.29, 0.717) is 25.3 Å². The summed E-state index contributed by atoms with van der Waals surface area (Å²) >= 11 is 0. The van der Waals surface area contributed by atoms with Gasteiger partial charge in [0, 0.05) is 30.9 Å². The van der Waals surface area contributed by atoms with Crippen molar-refractivity contribution in [3.8, 4) is 0 Å². The molecule has 2 unspecified atom stereocenters. The van der Waals surface area contributed by atoms with E-state index in [2.05, 4.69) is 22.5 Å². The SMILES string of the molecule is CCNC(=NCCOCCS(C)(=O)=O)NC1CC(OCC)C12CCC2. The van der Waals surface area contributed by atoms with Crippen LogP contribution in [0.5, 0.6) is 0 Å². The molecule has 0 heterocycles. The van der Waals surface area contributed by atoms with Crippen molar-refractivity contribution in [3.05, 3.63) is 0 Å². The van der Waals surface area contributed by atoms with Gasteiger partial charge in [0.05, 0.1) is 31.6 Å². The molecule has 2 saturated carbocycles. The first-order valence-electron chi connectivity index (χ1n) is 9.33. The highest BCUT2D eigenvalue weighted by molar-refractivity contribution is 7.90. The van der Waals surface area contributed by atoms with Gasteiger partial charge in [-0.1, -0.05) is 6.42 Å². The molecule has 1 spiro atoms. The van der Waals surface area contributed by atoms with Gasteiger partial charge in [-0.05, 0) is 33.1 Å². The normalized spacial score (nSPS) is 25.3. The molecule has 0 bridgehead atoms. The zero-order chi connectivity index (χ0) is 18.3. The van der Waals surface area contributed by atoms with Gasteiger partial charge in [0.25, 0.3) is 0 Å². The van der Waals surface area contributed by atoms with Crippen LogP contribution in [-0.4, -0.2) is 71.4 Å². The van der Waals surface area contributed by atoms with E-state index in [0.717, 1.165) is 25.5 Å². The lowest BCUT2D eigenvalue weighted by atomic mass is 9.51. The molecule has 2 aliphatic rings. The second kappa shape index (κ2) is 9.19. The number of hydrogen-bond acceptors (Lipinski definition) is 5. The Bertz CT molecular complexity index is 546. The molecule has 0 aromatic carbocycles. The molecule has 8 heteroatoms. The Morgan fingerprint density at radius 2 is 2.04 bits per heavy atom. The maximum atomic E-state index is 11.0. The van der Waals surface area contributed by atoms with Gasteiger partial charge in [0.1, 0.15) is 9.84 Å². The number of rotatable bonds is 10. The Morgan fingerprint density at radius 3 is 2.60 bits per heavy atom. The molecule has 0 saturated heterocycles. The second-order valence-corrected chi connectivity index (χ2v) is 9.23. The van der Waals surface area contributed by atoms with Crippen molar-refractivity contribution in [2.45, 2.75) is 51.7 Å². The van der Waals surface area contributed by atoms with Crippen LogP contribution in [0.2, 0.25) is 0 Å². The van der Waals surface area contributed by atoms with E-state index in [1.165, 1.54) is 25.5 Å². The van der Waals surface area contributed by atoms with E-state index in [1.807, 2.05) is 6.92 Å². The Labute approximate surface area is 151 Å². The summed E-state index contributed by atoms with van der Waals surface area (Å²) in [5.74, 6) is 0.860. The summed E-state index contributed by atoms with van der Waals surface area (Å²) in [5, 5.41) is 6.83. The third kappa shape index (κ3) is 5.56. The number of nitrogens with one attached hydrogen (secondary N) is 2. The van der Waals surface area contributed by atoms with Crippen LogP contribution >= 0.6 is 0 Å². The van der Waals surface area contributed by atoms with E-state index in [-0.39, 0.29) is 17.8 Å². The molecule has 2 atom stereocenters. The largest absolute Gasteiger partial charge is 0.378 e. The van der Waals surface area contributed by atoms with Crippen molar-refractivity contribution in [3.63, 3.8) is 0 Å². The van der Waals surface area contributed by atoms with Crippen LogP contribution in [0.3, 0.4) is 0 Å². The molecule has 2 N–H and O–H groups in total. The van der Waals surface area contributed by atoms with Gasteiger partial charge in [-0.25, -0.2) is 8.42 Å². The van der Waals surface area contributed by atoms with Crippen molar-refractivity contribution in [2.24, 2.45) is 10.4 Å². The van der Waals surface area contributed by atoms with Crippen molar-refractivity contribution in [1.82, 2.24) is 10.6 Å². The quantitative estimate of drug-likeness (QED) is 0.336. The van der Waals surface area contributed by atoms with Crippen molar-refractivity contribution in [1.29, 1.82) is 0 Å². The van der Waals surface area contributed by atoms with Crippen LogP contribution < -0.4 is 10.6 Å². The van der Waals surface area contributed by atoms with Gasteiger partial charge >= 0.3 is 0 Å². The summed E-state index contributed by atoms with van der Waals surface area (Å²) in [6, 6.07) is 0.418. The lowest BCUT2D eigenvalue weighted by molar-refractivity contribution is -0.168. The zero-order valence-corrected chi connectivity index (χ0v) is 16.5. The topological polar surface area (TPSA) is 89.0 Å². The second-order valence-electron chi connectivity index (χ2n) is 6.97. The Kier molecular flexibility index (Phi) is 7.51. The fraction of sp³-hybridized carbons (Fsp3) is 0.941. The van der Waals surface area contributed by atoms with Gasteiger partial charge < -0.3 is 20.1 Å². The monoisotopic (exact) mass is 375 g/mol. The summed E-state index contributed by atoms with van der Waals surface area (Å²) in [6.45, 7) is 6.83. The molecule has 7 nitrogen and oxygen atoms in total. The van der Waals surface area contributed by atoms with Crippen LogP contribution in [0.1, 0.15) is 39.5 Å². The predicted octanol–water partition coefficient (Wildman–Crippen LogP) is 0.950. The van der Waals surface area contributed by atoms with Crippen molar-refractivity contribution >= 4 is 15.8 Å². The fourth-order valence-electron chi connectivity index (χ4n) is 3.66. The van der Waals surface area contributed by atoms with Crippen molar-refractivity contribution < 1.29 is 17.9 Å². The first kappa shape index (κ1) is 20.5. The van der Waals surface area contributed by atoms with Gasteiger partial charge in [0.2, 0.25) is 0 Å². The predicted molar refractivity (Wildman–Crippen MR) is 99.7 cm³/mol. The number of nitrogens with zero attached hydrogens (tertiary/aromatic N) is 1. The highest BCUT2D eigenvalue weighted by Crippen LogP contribution is 2.57. The molecule has 0 amide bonds. The molecular formula is C17H33N3O4S. The van der Waals surface area contributed by atoms with E-state index >= 15 is 0 Å². The summed E-state index contributed by atoms with van der Waals surface area (Å²) in [4.78, 5) is 4.54. The smallest absolute Gasteiger partial charge is 0.191 e. The van der Waals surface area contributed by atoms with Gasteiger partial charge in [0.15, 0.2) is 5.96 Å². The molecule has 2 aliphatic carbocycles. The highest BCUT2D eigenvalue weighted by Gasteiger charge is 2.59. The number of sulfone groups is 1. The molecule has 2 fully saturated rings. The number of guanidine groups is 1. The minimum absolute atomic E-state index is 0.0540. The molecular weight excluding hydrogens is 342 g/mol. The van der Waals surface area contributed by atoms with E-state index < -0.39 is 9.84 Å². The molecule has 25 heavy (non-hydrogen) atoms. The Hall–Kier alpha value is -0.860. The van der Waals surface area contributed by atoms with Crippen molar-refractivity contribution in [2.75, 3.05) is 44.9 Å². The summed E-state index contributed by atoms with van der Waals surface area (Å²) in [7, 11) is -2.96. The lowest BCUT2D eigenvalue weighted by Crippen LogP contribution is -2.68. The molecule has 146 valence electrons. The molecule has 0 radical (unpaired) electrons. The number of ether oxygens (including phenoxy) is 2. The highest BCUT2D eigenvalue weighted by atomic mass is 32.2. The molecule has 2 rings (SSSR count). The van der Waals surface area contributed by atoms with Crippen LogP contribution in [0.15, 0.2) is 4.99 Å². The van der Waals surface area contributed by atoms with E-state index in [1.54, 1.807) is 0 Å². The number of aliphatic imine (C=N–C) groups is 1. The lowest BCUT2D eigenvalue weighted by Gasteiger charge is -2.61. The summed E-state index contributed by atoms with van der Waals surface area (Å²) in [5.41, 5.74) is 0.290. The first-order valence-corrected chi connectivity index (χ1v) is 11.4. The Morgan fingerprint density at radius 1 is 1.28 bits per heavy atom. The third-order valence-corrected chi connectivity index (χ3v) is 6.10. The van der Waals surface area contributed by atoms with Crippen LogP contribution in [-0.2, 0) is 19.3 Å². The first-order chi connectivity index (χ1) is 11.9. The van der Waals surface area contributed by atoms with Gasteiger partial charge in [-0.3, -0.25) is 4.99 Å². The third-order valence-electron chi connectivity index (χ3n) is 5.20. The molecule has 0 aromatic rings. The minimum Gasteiger partial charge on any atom is -0.378 e. The zero-order valence-electron chi connectivity index (χ0n) is 15.7. The Balaban J connectivity index is 1.76. The maximum absolute atomic E-state index is 11.0. The average molecular weight is 376 g/mol.